The molecule has 0 saturated heterocycles. The van der Waals surface area contributed by atoms with Crippen LogP contribution in [-0.4, -0.2) is 7.11 Å². The van der Waals surface area contributed by atoms with Gasteiger partial charge in [-0.1, -0.05) is 29.3 Å². The van der Waals surface area contributed by atoms with Crippen molar-refractivity contribution in [2.24, 2.45) is 0 Å². The van der Waals surface area contributed by atoms with Crippen LogP contribution in [0.25, 0.3) is 10.4 Å². The fourth-order valence-corrected chi connectivity index (χ4v) is 2.98. The summed E-state index contributed by atoms with van der Waals surface area (Å²) in [6.07, 6.45) is 0.334. The lowest BCUT2D eigenvalue weighted by molar-refractivity contribution is 0.414. The van der Waals surface area contributed by atoms with Crippen LogP contribution in [0.3, 0.4) is 0 Å². The van der Waals surface area contributed by atoms with Gasteiger partial charge in [0, 0.05) is 5.56 Å². The van der Waals surface area contributed by atoms with Crippen molar-refractivity contribution in [3.63, 3.8) is 0 Å². The molecule has 0 aliphatic carbocycles. The SMILES string of the molecule is COc1c(CC#N)csc1-c1ccc(Cl)c(Cl)c1. The molecule has 18 heavy (non-hydrogen) atoms. The molecule has 0 spiro atoms. The van der Waals surface area contributed by atoms with Crippen molar-refractivity contribution in [3.8, 4) is 22.3 Å². The molecule has 0 atom stereocenters. The minimum absolute atomic E-state index is 0.334. The lowest BCUT2D eigenvalue weighted by Gasteiger charge is -2.05. The molecule has 5 heteroatoms. The molecule has 2 nitrogen and oxygen atoms in total. The second-order valence-electron chi connectivity index (χ2n) is 3.59. The molecule has 0 aliphatic rings. The van der Waals surface area contributed by atoms with Gasteiger partial charge in [-0.15, -0.1) is 11.3 Å². The predicted octanol–water partition coefficient (Wildman–Crippen LogP) is 4.80. The Morgan fingerprint density at radius 1 is 1.33 bits per heavy atom. The van der Waals surface area contributed by atoms with Crippen molar-refractivity contribution in [1.29, 1.82) is 5.26 Å². The first-order valence-corrected chi connectivity index (χ1v) is 6.77. The zero-order valence-corrected chi connectivity index (χ0v) is 11.9. The van der Waals surface area contributed by atoms with E-state index in [1.807, 2.05) is 11.4 Å². The molecule has 0 aliphatic heterocycles. The Hall–Kier alpha value is -1.21. The smallest absolute Gasteiger partial charge is 0.141 e. The highest BCUT2D eigenvalue weighted by atomic mass is 35.5. The van der Waals surface area contributed by atoms with E-state index >= 15 is 0 Å². The van der Waals surface area contributed by atoms with Gasteiger partial charge in [0.1, 0.15) is 5.75 Å². The van der Waals surface area contributed by atoms with Crippen molar-refractivity contribution in [3.05, 3.63) is 39.2 Å². The Balaban J connectivity index is 2.50. The molecular formula is C13H9Cl2NOS. The number of hydrogen-bond acceptors (Lipinski definition) is 3. The molecular weight excluding hydrogens is 289 g/mol. The summed E-state index contributed by atoms with van der Waals surface area (Å²) in [5.41, 5.74) is 1.83. The van der Waals surface area contributed by atoms with Crippen LogP contribution in [0.15, 0.2) is 23.6 Å². The summed E-state index contributed by atoms with van der Waals surface area (Å²) in [6, 6.07) is 7.56. The summed E-state index contributed by atoms with van der Waals surface area (Å²) < 4.78 is 5.38. The average molecular weight is 298 g/mol. The van der Waals surface area contributed by atoms with Gasteiger partial charge in [0.25, 0.3) is 0 Å². The minimum Gasteiger partial charge on any atom is -0.495 e. The van der Waals surface area contributed by atoms with Crippen molar-refractivity contribution in [2.75, 3.05) is 7.11 Å². The van der Waals surface area contributed by atoms with Crippen LogP contribution in [0.2, 0.25) is 10.0 Å². The monoisotopic (exact) mass is 297 g/mol. The zero-order chi connectivity index (χ0) is 13.1. The fraction of sp³-hybridized carbons (Fsp3) is 0.154. The minimum atomic E-state index is 0.334. The molecule has 1 heterocycles. The third kappa shape index (κ3) is 2.46. The number of hydrogen-bond donors (Lipinski definition) is 0. The third-order valence-electron chi connectivity index (χ3n) is 2.47. The van der Waals surface area contributed by atoms with E-state index < -0.39 is 0 Å². The molecule has 0 bridgehead atoms. The summed E-state index contributed by atoms with van der Waals surface area (Å²) in [6.45, 7) is 0. The van der Waals surface area contributed by atoms with Gasteiger partial charge in [-0.25, -0.2) is 0 Å². The first kappa shape index (κ1) is 13.2. The van der Waals surface area contributed by atoms with Crippen LogP contribution < -0.4 is 4.74 Å². The normalized spacial score (nSPS) is 10.1. The summed E-state index contributed by atoms with van der Waals surface area (Å²) in [4.78, 5) is 0.960. The second-order valence-corrected chi connectivity index (χ2v) is 5.28. The van der Waals surface area contributed by atoms with E-state index in [4.69, 9.17) is 33.2 Å². The molecule has 92 valence electrons. The Morgan fingerprint density at radius 2 is 2.11 bits per heavy atom. The molecule has 0 amide bonds. The second kappa shape index (κ2) is 5.62. The van der Waals surface area contributed by atoms with Crippen LogP contribution in [-0.2, 0) is 6.42 Å². The van der Waals surface area contributed by atoms with E-state index in [0.717, 1.165) is 21.8 Å². The van der Waals surface area contributed by atoms with Gasteiger partial charge in [-0.05, 0) is 23.1 Å². The van der Waals surface area contributed by atoms with Gasteiger partial charge in [-0.3, -0.25) is 0 Å². The zero-order valence-electron chi connectivity index (χ0n) is 9.54. The van der Waals surface area contributed by atoms with E-state index in [-0.39, 0.29) is 0 Å². The van der Waals surface area contributed by atoms with Gasteiger partial charge in [0.2, 0.25) is 0 Å². The fourth-order valence-electron chi connectivity index (χ4n) is 1.65. The predicted molar refractivity (Wildman–Crippen MR) is 75.6 cm³/mol. The van der Waals surface area contributed by atoms with Crippen LogP contribution in [0.5, 0.6) is 5.75 Å². The summed E-state index contributed by atoms with van der Waals surface area (Å²) in [7, 11) is 1.60. The average Bonchev–Trinajstić information content (AvgIpc) is 2.76. The molecule has 0 radical (unpaired) electrons. The highest BCUT2D eigenvalue weighted by Gasteiger charge is 2.14. The van der Waals surface area contributed by atoms with Gasteiger partial charge in [0.05, 0.1) is 34.5 Å². The number of nitrogens with zero attached hydrogens (tertiary/aromatic N) is 1. The molecule has 0 saturated carbocycles. The van der Waals surface area contributed by atoms with Gasteiger partial charge in [-0.2, -0.15) is 5.26 Å². The van der Waals surface area contributed by atoms with E-state index in [9.17, 15) is 0 Å². The number of rotatable bonds is 3. The first-order valence-electron chi connectivity index (χ1n) is 5.14. The topological polar surface area (TPSA) is 33.0 Å². The number of benzene rings is 1. The quantitative estimate of drug-likeness (QED) is 0.815. The number of thiophene rings is 1. The number of methoxy groups -OCH3 is 1. The molecule has 0 unspecified atom stereocenters. The number of halogens is 2. The van der Waals surface area contributed by atoms with Crippen molar-refractivity contribution in [2.45, 2.75) is 6.42 Å². The summed E-state index contributed by atoms with van der Waals surface area (Å²) >= 11 is 13.4. The van der Waals surface area contributed by atoms with E-state index in [1.165, 1.54) is 11.3 Å². The van der Waals surface area contributed by atoms with Crippen LogP contribution in [0.4, 0.5) is 0 Å². The lowest BCUT2D eigenvalue weighted by Crippen LogP contribution is -1.88. The summed E-state index contributed by atoms with van der Waals surface area (Å²) in [5.74, 6) is 0.736. The molecule has 0 fully saturated rings. The van der Waals surface area contributed by atoms with E-state index in [1.54, 1.807) is 19.2 Å². The third-order valence-corrected chi connectivity index (χ3v) is 4.27. The standard InChI is InChI=1S/C13H9Cl2NOS/c1-17-12-9(4-5-16)7-18-13(12)8-2-3-10(14)11(15)6-8/h2-3,6-7H,4H2,1H3. The maximum Gasteiger partial charge on any atom is 0.141 e. The van der Waals surface area contributed by atoms with Gasteiger partial charge in [0.15, 0.2) is 0 Å². The lowest BCUT2D eigenvalue weighted by atomic mass is 10.1. The Morgan fingerprint density at radius 3 is 2.72 bits per heavy atom. The maximum absolute atomic E-state index is 8.76. The Kier molecular flexibility index (Phi) is 4.13. The Bertz CT molecular complexity index is 616. The van der Waals surface area contributed by atoms with Crippen molar-refractivity contribution >= 4 is 34.5 Å². The molecule has 1 aromatic heterocycles. The summed E-state index contributed by atoms with van der Waals surface area (Å²) in [5, 5.41) is 11.7. The molecule has 2 aromatic rings. The van der Waals surface area contributed by atoms with E-state index in [2.05, 4.69) is 6.07 Å². The highest BCUT2D eigenvalue weighted by Crippen LogP contribution is 2.41. The molecule has 0 N–H and O–H groups in total. The number of nitriles is 1. The van der Waals surface area contributed by atoms with Gasteiger partial charge >= 0.3 is 0 Å². The van der Waals surface area contributed by atoms with Crippen molar-refractivity contribution in [1.82, 2.24) is 0 Å². The molecule has 2 rings (SSSR count). The van der Waals surface area contributed by atoms with Crippen LogP contribution in [0.1, 0.15) is 5.56 Å². The van der Waals surface area contributed by atoms with Crippen LogP contribution >= 0.6 is 34.5 Å². The van der Waals surface area contributed by atoms with Gasteiger partial charge < -0.3 is 4.74 Å². The maximum atomic E-state index is 8.76. The largest absolute Gasteiger partial charge is 0.495 e. The molecule has 1 aromatic carbocycles. The van der Waals surface area contributed by atoms with Crippen molar-refractivity contribution < 1.29 is 4.74 Å². The number of ether oxygens (including phenoxy) is 1. The first-order chi connectivity index (χ1) is 8.67. The highest BCUT2D eigenvalue weighted by molar-refractivity contribution is 7.14. The van der Waals surface area contributed by atoms with E-state index in [0.29, 0.717) is 16.5 Å². The Labute approximate surface area is 119 Å². The van der Waals surface area contributed by atoms with Crippen LogP contribution in [0, 0.1) is 11.3 Å².